The first kappa shape index (κ1) is 17.3. The van der Waals surface area contributed by atoms with Crippen molar-refractivity contribution in [2.45, 2.75) is 64.1 Å². The van der Waals surface area contributed by atoms with Crippen molar-refractivity contribution in [2.24, 2.45) is 0 Å². The number of rotatable bonds is 4. The minimum atomic E-state index is 0.0175. The van der Waals surface area contributed by atoms with Crippen molar-refractivity contribution < 1.29 is 0 Å². The van der Waals surface area contributed by atoms with E-state index in [0.717, 1.165) is 30.8 Å². The molecule has 2 heterocycles. The Balaban J connectivity index is 1.45. The minimum absolute atomic E-state index is 0.0175. The van der Waals surface area contributed by atoms with Crippen LogP contribution in [-0.2, 0) is 19.5 Å². The van der Waals surface area contributed by atoms with Gasteiger partial charge in [-0.1, -0.05) is 56.0 Å². The molecule has 2 aliphatic rings. The predicted molar refractivity (Wildman–Crippen MR) is 104 cm³/mol. The van der Waals surface area contributed by atoms with E-state index in [-0.39, 0.29) is 5.56 Å². The molecule has 1 aromatic carbocycles. The van der Waals surface area contributed by atoms with Crippen LogP contribution >= 0.6 is 0 Å². The highest BCUT2D eigenvalue weighted by molar-refractivity contribution is 5.32. The maximum absolute atomic E-state index is 12.6. The largest absolute Gasteiger partial charge is 0.353 e. The van der Waals surface area contributed by atoms with E-state index in [0.29, 0.717) is 18.5 Å². The van der Waals surface area contributed by atoms with Crippen LogP contribution in [0.15, 0.2) is 35.1 Å². The van der Waals surface area contributed by atoms with Crippen LogP contribution in [0.1, 0.15) is 55.3 Å². The van der Waals surface area contributed by atoms with Gasteiger partial charge in [-0.2, -0.15) is 0 Å². The van der Waals surface area contributed by atoms with E-state index >= 15 is 0 Å². The topological polar surface area (TPSA) is 61.0 Å². The molecule has 4 rings (SSSR count). The van der Waals surface area contributed by atoms with Gasteiger partial charge in [0.25, 0.3) is 5.56 Å². The molecule has 1 aliphatic heterocycles. The third kappa shape index (κ3) is 4.15. The van der Waals surface area contributed by atoms with Crippen LogP contribution in [0.5, 0.6) is 0 Å². The average Bonchev–Trinajstić information content (AvgIpc) is 2.92. The highest BCUT2D eigenvalue weighted by Gasteiger charge is 2.22. The first-order valence-electron chi connectivity index (χ1n) is 9.93. The smallest absolute Gasteiger partial charge is 0.257 e. The van der Waals surface area contributed by atoms with E-state index in [1.165, 1.54) is 44.1 Å². The number of nitrogens with zero attached hydrogens (tertiary/aromatic N) is 2. The maximum atomic E-state index is 12.6. The molecule has 5 nitrogen and oxygen atoms in total. The lowest BCUT2D eigenvalue weighted by atomic mass is 10.1. The summed E-state index contributed by atoms with van der Waals surface area (Å²) in [6.07, 6.45) is 8.36. The zero-order valence-electron chi connectivity index (χ0n) is 15.3. The number of H-pyrrole nitrogens is 1. The molecule has 138 valence electrons. The number of hydrogen-bond donors (Lipinski definition) is 2. The molecule has 2 aromatic rings. The summed E-state index contributed by atoms with van der Waals surface area (Å²) in [7, 11) is 0. The van der Waals surface area contributed by atoms with Gasteiger partial charge in [0, 0.05) is 32.1 Å². The van der Waals surface area contributed by atoms with E-state index in [2.05, 4.69) is 39.5 Å². The van der Waals surface area contributed by atoms with Gasteiger partial charge in [0.1, 0.15) is 0 Å². The zero-order chi connectivity index (χ0) is 17.8. The predicted octanol–water partition coefficient (Wildman–Crippen LogP) is 3.46. The Morgan fingerprint density at radius 1 is 1.12 bits per heavy atom. The lowest BCUT2D eigenvalue weighted by Gasteiger charge is -2.28. The molecule has 26 heavy (non-hydrogen) atoms. The van der Waals surface area contributed by atoms with Gasteiger partial charge in [0.15, 0.2) is 0 Å². The molecule has 0 unspecified atom stereocenters. The Morgan fingerprint density at radius 3 is 2.65 bits per heavy atom. The molecule has 0 atom stereocenters. The van der Waals surface area contributed by atoms with E-state index in [1.54, 1.807) is 0 Å². The van der Waals surface area contributed by atoms with Gasteiger partial charge in [0.05, 0.1) is 11.3 Å². The van der Waals surface area contributed by atoms with Gasteiger partial charge < -0.3 is 5.32 Å². The fraction of sp³-hybridized carbons (Fsp3) is 0.524. The van der Waals surface area contributed by atoms with E-state index < -0.39 is 0 Å². The molecular weight excluding hydrogens is 324 g/mol. The van der Waals surface area contributed by atoms with E-state index in [4.69, 9.17) is 4.98 Å². The summed E-state index contributed by atoms with van der Waals surface area (Å²) in [5.41, 5.74) is 3.10. The number of fused-ring (bicyclic) bond motifs is 1. The molecule has 2 N–H and O–H groups in total. The molecular formula is C21H28N4O. The van der Waals surface area contributed by atoms with Crippen LogP contribution in [0, 0.1) is 0 Å². The number of hydrogen-bond acceptors (Lipinski definition) is 4. The van der Waals surface area contributed by atoms with Gasteiger partial charge in [-0.25, -0.2) is 4.98 Å². The summed E-state index contributed by atoms with van der Waals surface area (Å²) in [4.78, 5) is 22.7. The normalized spacial score (nSPS) is 18.9. The highest BCUT2D eigenvalue weighted by atomic mass is 16.1. The first-order valence-corrected chi connectivity index (χ1v) is 9.93. The fourth-order valence-electron chi connectivity index (χ4n) is 4.14. The zero-order valence-corrected chi connectivity index (χ0v) is 15.3. The molecule has 1 fully saturated rings. The molecule has 5 heteroatoms. The number of anilines is 1. The molecule has 1 aromatic heterocycles. The molecule has 0 radical (unpaired) electrons. The van der Waals surface area contributed by atoms with Crippen molar-refractivity contribution in [1.29, 1.82) is 0 Å². The maximum Gasteiger partial charge on any atom is 0.257 e. The first-order chi connectivity index (χ1) is 12.8. The second-order valence-electron chi connectivity index (χ2n) is 7.62. The van der Waals surface area contributed by atoms with Crippen LogP contribution in [-0.4, -0.2) is 27.5 Å². The summed E-state index contributed by atoms with van der Waals surface area (Å²) in [5.74, 6) is 0.664. The molecule has 1 saturated carbocycles. The number of aromatic nitrogens is 2. The summed E-state index contributed by atoms with van der Waals surface area (Å²) < 4.78 is 0. The number of aromatic amines is 1. The molecule has 1 aliphatic carbocycles. The Bertz CT molecular complexity index is 778. The SMILES string of the molecule is O=c1[nH]c(NC2CCCCCC2)nc2c1CN(Cc1ccccc1)CC2. The Kier molecular flexibility index (Phi) is 5.34. The molecule has 0 spiro atoms. The van der Waals surface area contributed by atoms with Gasteiger partial charge in [-0.15, -0.1) is 0 Å². The summed E-state index contributed by atoms with van der Waals surface area (Å²) in [6.45, 7) is 2.50. The lowest BCUT2D eigenvalue weighted by Crippen LogP contribution is -2.36. The van der Waals surface area contributed by atoms with Crippen molar-refractivity contribution in [3.05, 3.63) is 57.5 Å². The van der Waals surface area contributed by atoms with E-state index in [1.807, 2.05) is 6.07 Å². The Labute approximate surface area is 154 Å². The fourth-order valence-corrected chi connectivity index (χ4v) is 4.14. The third-order valence-electron chi connectivity index (χ3n) is 5.59. The second kappa shape index (κ2) is 8.04. The molecule has 0 bridgehead atoms. The summed E-state index contributed by atoms with van der Waals surface area (Å²) >= 11 is 0. The standard InChI is InChI=1S/C21H28N4O/c26-20-18-15-25(14-16-8-4-3-5-9-16)13-12-19(18)23-21(24-20)22-17-10-6-1-2-7-11-17/h3-5,8-9,17H,1-2,6-7,10-15H2,(H2,22,23,24,26). The average molecular weight is 352 g/mol. The van der Waals surface area contributed by atoms with Crippen molar-refractivity contribution in [3.8, 4) is 0 Å². The van der Waals surface area contributed by atoms with Crippen LogP contribution in [0.4, 0.5) is 5.95 Å². The Morgan fingerprint density at radius 2 is 1.88 bits per heavy atom. The van der Waals surface area contributed by atoms with E-state index in [9.17, 15) is 4.79 Å². The van der Waals surface area contributed by atoms with Crippen molar-refractivity contribution in [2.75, 3.05) is 11.9 Å². The van der Waals surface area contributed by atoms with Gasteiger partial charge in [-0.3, -0.25) is 14.7 Å². The summed E-state index contributed by atoms with van der Waals surface area (Å²) in [5, 5.41) is 3.48. The highest BCUT2D eigenvalue weighted by Crippen LogP contribution is 2.21. The van der Waals surface area contributed by atoms with Crippen molar-refractivity contribution in [1.82, 2.24) is 14.9 Å². The lowest BCUT2D eigenvalue weighted by molar-refractivity contribution is 0.242. The second-order valence-corrected chi connectivity index (χ2v) is 7.62. The van der Waals surface area contributed by atoms with Crippen LogP contribution in [0.2, 0.25) is 0 Å². The van der Waals surface area contributed by atoms with Crippen LogP contribution < -0.4 is 10.9 Å². The monoisotopic (exact) mass is 352 g/mol. The van der Waals surface area contributed by atoms with Gasteiger partial charge in [-0.05, 0) is 18.4 Å². The third-order valence-corrected chi connectivity index (χ3v) is 5.59. The summed E-state index contributed by atoms with van der Waals surface area (Å²) in [6, 6.07) is 10.9. The van der Waals surface area contributed by atoms with Gasteiger partial charge >= 0.3 is 0 Å². The Hall–Kier alpha value is -2.14. The molecule has 0 amide bonds. The quantitative estimate of drug-likeness (QED) is 0.827. The number of nitrogens with one attached hydrogen (secondary N) is 2. The minimum Gasteiger partial charge on any atom is -0.353 e. The molecule has 0 saturated heterocycles. The van der Waals surface area contributed by atoms with Crippen molar-refractivity contribution in [3.63, 3.8) is 0 Å². The number of benzene rings is 1. The van der Waals surface area contributed by atoms with Crippen LogP contribution in [0.3, 0.4) is 0 Å². The van der Waals surface area contributed by atoms with Crippen LogP contribution in [0.25, 0.3) is 0 Å². The van der Waals surface area contributed by atoms with Crippen molar-refractivity contribution >= 4 is 5.95 Å². The van der Waals surface area contributed by atoms with Gasteiger partial charge in [0.2, 0.25) is 5.95 Å².